The van der Waals surface area contributed by atoms with E-state index < -0.39 is 0 Å². The number of pyridine rings is 1. The Balaban J connectivity index is 1.49. The highest BCUT2D eigenvalue weighted by molar-refractivity contribution is 5.84. The van der Waals surface area contributed by atoms with Crippen LogP contribution in [0.25, 0.3) is 0 Å². The van der Waals surface area contributed by atoms with Gasteiger partial charge in [0.05, 0.1) is 0 Å². The van der Waals surface area contributed by atoms with Crippen LogP contribution in [0, 0.1) is 5.92 Å². The molecule has 3 heterocycles. The van der Waals surface area contributed by atoms with Gasteiger partial charge in [-0.05, 0) is 56.8 Å². The maximum atomic E-state index is 12.0. The van der Waals surface area contributed by atoms with E-state index in [2.05, 4.69) is 49.5 Å². The Bertz CT molecular complexity index is 701. The number of likely N-dealkylation sites (tertiary alicyclic amines) is 1. The third kappa shape index (κ3) is 7.09. The van der Waals surface area contributed by atoms with Gasteiger partial charge in [-0.2, -0.15) is 0 Å². The minimum Gasteiger partial charge on any atom is -0.371 e. The van der Waals surface area contributed by atoms with E-state index in [9.17, 15) is 4.79 Å². The number of nitrogens with one attached hydrogen (secondary N) is 2. The molecule has 31 heavy (non-hydrogen) atoms. The average molecular weight is 430 g/mol. The Morgan fingerprint density at radius 1 is 1.13 bits per heavy atom. The molecule has 0 bridgehead atoms. The summed E-state index contributed by atoms with van der Waals surface area (Å²) in [7, 11) is 3.54. The molecule has 1 unspecified atom stereocenters. The van der Waals surface area contributed by atoms with Crippen molar-refractivity contribution in [3.05, 3.63) is 24.5 Å². The van der Waals surface area contributed by atoms with Crippen molar-refractivity contribution in [3.8, 4) is 0 Å². The Hall–Kier alpha value is -2.35. The summed E-state index contributed by atoms with van der Waals surface area (Å²) in [6, 6.07) is 4.71. The number of piperidine rings is 1. The summed E-state index contributed by atoms with van der Waals surface area (Å²) in [5.74, 6) is 1.38. The number of likely N-dealkylation sites (N-methyl/N-ethyl adjacent to an activating group) is 2. The van der Waals surface area contributed by atoms with Crippen molar-refractivity contribution in [1.82, 2.24) is 25.4 Å². The third-order valence-electron chi connectivity index (χ3n) is 6.48. The first-order valence-corrected chi connectivity index (χ1v) is 11.7. The monoisotopic (exact) mass is 429 g/mol. The molecule has 0 aromatic carbocycles. The molecule has 2 aliphatic rings. The molecule has 2 aliphatic heterocycles. The summed E-state index contributed by atoms with van der Waals surface area (Å²) in [5.41, 5.74) is 1.25. The molecule has 0 aliphatic carbocycles. The van der Waals surface area contributed by atoms with E-state index in [1.165, 1.54) is 25.1 Å². The molecule has 0 radical (unpaired) electrons. The van der Waals surface area contributed by atoms with Gasteiger partial charge < -0.3 is 20.4 Å². The lowest BCUT2D eigenvalue weighted by Gasteiger charge is -2.34. The first-order valence-electron chi connectivity index (χ1n) is 11.7. The van der Waals surface area contributed by atoms with Crippen LogP contribution in [0.2, 0.25) is 0 Å². The molecule has 0 saturated carbocycles. The predicted molar refractivity (Wildman–Crippen MR) is 126 cm³/mol. The highest BCUT2D eigenvalue weighted by Gasteiger charge is 2.23. The highest BCUT2D eigenvalue weighted by atomic mass is 16.2. The van der Waals surface area contributed by atoms with Crippen LogP contribution in [0.4, 0.5) is 5.69 Å². The number of rotatable bonds is 8. The first kappa shape index (κ1) is 23.3. The Kier molecular flexibility index (Phi) is 8.94. The van der Waals surface area contributed by atoms with Gasteiger partial charge in [0, 0.05) is 64.4 Å². The van der Waals surface area contributed by atoms with E-state index in [0.717, 1.165) is 51.5 Å². The van der Waals surface area contributed by atoms with Crippen molar-refractivity contribution in [2.75, 3.05) is 64.8 Å². The van der Waals surface area contributed by atoms with E-state index in [1.807, 2.05) is 12.4 Å². The summed E-state index contributed by atoms with van der Waals surface area (Å²) in [6.07, 6.45) is 8.48. The number of carbonyl (C=O) groups is 1. The summed E-state index contributed by atoms with van der Waals surface area (Å²) < 4.78 is 0. The summed E-state index contributed by atoms with van der Waals surface area (Å²) in [4.78, 5) is 27.3. The van der Waals surface area contributed by atoms with Gasteiger partial charge in [0.2, 0.25) is 5.91 Å². The molecular formula is C23H39N7O. The lowest BCUT2D eigenvalue weighted by Crippen LogP contribution is -2.47. The zero-order chi connectivity index (χ0) is 22.1. The number of aliphatic imine (C=N–C) groups is 1. The Morgan fingerprint density at radius 3 is 2.52 bits per heavy atom. The molecule has 8 nitrogen and oxygen atoms in total. The first-order chi connectivity index (χ1) is 15.1. The van der Waals surface area contributed by atoms with Gasteiger partial charge in [0.15, 0.2) is 5.96 Å². The molecule has 172 valence electrons. The smallest absolute Gasteiger partial charge is 0.243 e. The van der Waals surface area contributed by atoms with E-state index >= 15 is 0 Å². The maximum absolute atomic E-state index is 12.0. The number of nitrogens with zero attached hydrogens (tertiary/aromatic N) is 5. The molecule has 2 fully saturated rings. The van der Waals surface area contributed by atoms with Gasteiger partial charge in [0.25, 0.3) is 0 Å². The fourth-order valence-electron chi connectivity index (χ4n) is 4.41. The van der Waals surface area contributed by atoms with Crippen molar-refractivity contribution in [2.45, 2.75) is 38.6 Å². The minimum absolute atomic E-state index is 0.0165. The standard InChI is InChI=1S/C23H39N7O/c1-4-29-13-5-6-21(29)17-26-23(27-18-22(31)28(2)3)25-16-19-9-14-30(15-10-19)20-7-11-24-12-8-20/h7-8,11-12,19,21H,4-6,9-10,13-18H2,1-3H3,(H2,25,26,27). The minimum atomic E-state index is 0.0165. The van der Waals surface area contributed by atoms with Crippen molar-refractivity contribution in [2.24, 2.45) is 10.9 Å². The normalized spacial score (nSPS) is 20.7. The van der Waals surface area contributed by atoms with E-state index in [-0.39, 0.29) is 12.5 Å². The summed E-state index contributed by atoms with van der Waals surface area (Å²) in [5, 5.41) is 7.02. The van der Waals surface area contributed by atoms with Gasteiger partial charge in [-0.3, -0.25) is 14.7 Å². The van der Waals surface area contributed by atoms with Gasteiger partial charge >= 0.3 is 0 Å². The second kappa shape index (κ2) is 11.9. The van der Waals surface area contributed by atoms with Crippen LogP contribution in [0.15, 0.2) is 29.5 Å². The molecule has 2 N–H and O–H groups in total. The molecule has 1 amide bonds. The van der Waals surface area contributed by atoms with Crippen LogP contribution < -0.4 is 15.5 Å². The fraction of sp³-hybridized carbons (Fsp3) is 0.696. The van der Waals surface area contributed by atoms with E-state index in [4.69, 9.17) is 0 Å². The van der Waals surface area contributed by atoms with Gasteiger partial charge in [-0.25, -0.2) is 4.99 Å². The lowest BCUT2D eigenvalue weighted by molar-refractivity contribution is -0.127. The fourth-order valence-corrected chi connectivity index (χ4v) is 4.41. The topological polar surface area (TPSA) is 76.1 Å². The van der Waals surface area contributed by atoms with Crippen LogP contribution in [0.5, 0.6) is 0 Å². The number of hydrogen-bond donors (Lipinski definition) is 2. The quantitative estimate of drug-likeness (QED) is 0.481. The van der Waals surface area contributed by atoms with Crippen LogP contribution in [-0.2, 0) is 4.79 Å². The number of guanidine groups is 1. The third-order valence-corrected chi connectivity index (χ3v) is 6.48. The molecule has 2 saturated heterocycles. The van der Waals surface area contributed by atoms with Crippen molar-refractivity contribution in [3.63, 3.8) is 0 Å². The van der Waals surface area contributed by atoms with Crippen LogP contribution >= 0.6 is 0 Å². The molecule has 1 atom stereocenters. The number of hydrogen-bond acceptors (Lipinski definition) is 5. The SMILES string of the molecule is CCN1CCCC1CNC(=NCC(=O)N(C)C)NCC1CCN(c2ccncc2)CC1. The van der Waals surface area contributed by atoms with Crippen LogP contribution in [0.3, 0.4) is 0 Å². The van der Waals surface area contributed by atoms with E-state index in [1.54, 1.807) is 19.0 Å². The molecular weight excluding hydrogens is 390 g/mol. The van der Waals surface area contributed by atoms with Crippen LogP contribution in [0.1, 0.15) is 32.6 Å². The van der Waals surface area contributed by atoms with Crippen LogP contribution in [-0.4, -0.2) is 92.6 Å². The van der Waals surface area contributed by atoms with Crippen molar-refractivity contribution < 1.29 is 4.79 Å². The van der Waals surface area contributed by atoms with Crippen molar-refractivity contribution in [1.29, 1.82) is 0 Å². The second-order valence-corrected chi connectivity index (χ2v) is 8.78. The second-order valence-electron chi connectivity index (χ2n) is 8.78. The Morgan fingerprint density at radius 2 is 1.84 bits per heavy atom. The highest BCUT2D eigenvalue weighted by Crippen LogP contribution is 2.22. The maximum Gasteiger partial charge on any atom is 0.243 e. The largest absolute Gasteiger partial charge is 0.371 e. The average Bonchev–Trinajstić information content (AvgIpc) is 3.27. The van der Waals surface area contributed by atoms with Gasteiger partial charge in [0.1, 0.15) is 6.54 Å². The molecule has 0 spiro atoms. The molecule has 3 rings (SSSR count). The number of amides is 1. The van der Waals surface area contributed by atoms with E-state index in [0.29, 0.717) is 12.0 Å². The number of aromatic nitrogens is 1. The molecule has 1 aromatic rings. The lowest BCUT2D eigenvalue weighted by atomic mass is 9.96. The molecule has 8 heteroatoms. The van der Waals surface area contributed by atoms with Gasteiger partial charge in [-0.1, -0.05) is 6.92 Å². The Labute approximate surface area is 187 Å². The number of carbonyl (C=O) groups excluding carboxylic acids is 1. The zero-order valence-corrected chi connectivity index (χ0v) is 19.4. The van der Waals surface area contributed by atoms with Crippen molar-refractivity contribution >= 4 is 17.6 Å². The predicted octanol–water partition coefficient (Wildman–Crippen LogP) is 1.41. The number of anilines is 1. The molecule has 1 aromatic heterocycles. The van der Waals surface area contributed by atoms with Gasteiger partial charge in [-0.15, -0.1) is 0 Å². The summed E-state index contributed by atoms with van der Waals surface area (Å²) >= 11 is 0. The zero-order valence-electron chi connectivity index (χ0n) is 19.4. The summed E-state index contributed by atoms with van der Waals surface area (Å²) in [6.45, 7) is 8.53.